The Kier molecular flexibility index (Phi) is 8.89. The summed E-state index contributed by atoms with van der Waals surface area (Å²) in [5.41, 5.74) is 5.74. The number of nitrogens with one attached hydrogen (secondary N) is 1. The van der Waals surface area contributed by atoms with E-state index in [2.05, 4.69) is 10.1 Å². The van der Waals surface area contributed by atoms with Crippen molar-refractivity contribution in [3.63, 3.8) is 0 Å². The van der Waals surface area contributed by atoms with E-state index in [-0.39, 0.29) is 58.7 Å². The summed E-state index contributed by atoms with van der Waals surface area (Å²) in [7, 11) is 0. The van der Waals surface area contributed by atoms with E-state index in [9.17, 15) is 13.6 Å². The average Bonchev–Trinajstić information content (AvgIpc) is 2.29. The van der Waals surface area contributed by atoms with Crippen LogP contribution in [0.4, 0.5) is 8.78 Å². The summed E-state index contributed by atoms with van der Waals surface area (Å²) < 4.78 is 29.0. The summed E-state index contributed by atoms with van der Waals surface area (Å²) in [6.45, 7) is -1.37. The molecule has 21 heavy (non-hydrogen) atoms. The minimum atomic E-state index is -3.02. The van der Waals surface area contributed by atoms with Gasteiger partial charge >= 0.3 is 6.61 Å². The fourth-order valence-electron chi connectivity index (χ4n) is 1.52. The molecule has 0 spiro atoms. The van der Waals surface area contributed by atoms with Crippen LogP contribution in [0.25, 0.3) is 0 Å². The fourth-order valence-corrected chi connectivity index (χ4v) is 2.10. The number of carbonyl (C=O) groups is 1. The SMILES string of the molecule is CC(N)CC(=O)NCc1cc(Cl)cc(Cl)c1OC(F)F.Cl. The van der Waals surface area contributed by atoms with E-state index in [0.717, 1.165) is 0 Å². The van der Waals surface area contributed by atoms with Gasteiger partial charge < -0.3 is 15.8 Å². The van der Waals surface area contributed by atoms with Gasteiger partial charge in [-0.2, -0.15) is 8.78 Å². The lowest BCUT2D eigenvalue weighted by Crippen LogP contribution is -2.29. The fraction of sp³-hybridized carbons (Fsp3) is 0.417. The van der Waals surface area contributed by atoms with E-state index in [1.54, 1.807) is 6.92 Å². The van der Waals surface area contributed by atoms with Crippen LogP contribution in [0, 0.1) is 0 Å². The standard InChI is InChI=1S/C12H14Cl2F2N2O2.ClH/c1-6(17)2-10(19)18-5-7-3-8(13)4-9(14)11(7)20-12(15)16;/h3-4,6,12H,2,5,17H2,1H3,(H,18,19);1H. The third kappa shape index (κ3) is 7.13. The third-order valence-corrected chi connectivity index (χ3v) is 2.77. The van der Waals surface area contributed by atoms with Crippen LogP contribution in [-0.4, -0.2) is 18.6 Å². The molecule has 0 heterocycles. The predicted molar refractivity (Wildman–Crippen MR) is 80.5 cm³/mol. The Hall–Kier alpha value is -0.820. The molecule has 1 aromatic carbocycles. The molecule has 1 amide bonds. The minimum Gasteiger partial charge on any atom is -0.433 e. The van der Waals surface area contributed by atoms with E-state index in [4.69, 9.17) is 28.9 Å². The number of hydrogen-bond acceptors (Lipinski definition) is 3. The van der Waals surface area contributed by atoms with Crippen LogP contribution in [0.5, 0.6) is 5.75 Å². The van der Waals surface area contributed by atoms with Crippen LogP contribution in [0.3, 0.4) is 0 Å². The number of carbonyl (C=O) groups excluding carboxylic acids is 1. The summed E-state index contributed by atoms with van der Waals surface area (Å²) in [4.78, 5) is 11.5. The predicted octanol–water partition coefficient (Wildman–Crippen LogP) is 3.37. The maximum Gasteiger partial charge on any atom is 0.387 e. The van der Waals surface area contributed by atoms with Gasteiger partial charge in [-0.1, -0.05) is 23.2 Å². The van der Waals surface area contributed by atoms with E-state index in [1.165, 1.54) is 12.1 Å². The van der Waals surface area contributed by atoms with Crippen LogP contribution in [0.15, 0.2) is 12.1 Å². The maximum absolute atomic E-state index is 12.3. The highest BCUT2D eigenvalue weighted by atomic mass is 35.5. The van der Waals surface area contributed by atoms with Crippen molar-refractivity contribution in [3.8, 4) is 5.75 Å². The van der Waals surface area contributed by atoms with Crippen molar-refractivity contribution in [1.82, 2.24) is 5.32 Å². The third-order valence-electron chi connectivity index (χ3n) is 2.28. The van der Waals surface area contributed by atoms with Crippen molar-refractivity contribution < 1.29 is 18.3 Å². The number of halogens is 5. The molecule has 1 unspecified atom stereocenters. The second-order valence-corrected chi connectivity index (χ2v) is 5.06. The summed E-state index contributed by atoms with van der Waals surface area (Å²) >= 11 is 11.6. The molecule has 3 N–H and O–H groups in total. The molecule has 9 heteroatoms. The molecule has 0 aliphatic carbocycles. The molecule has 0 saturated carbocycles. The van der Waals surface area contributed by atoms with Gasteiger partial charge in [0.15, 0.2) is 0 Å². The van der Waals surface area contributed by atoms with E-state index < -0.39 is 6.61 Å². The van der Waals surface area contributed by atoms with Crippen LogP contribution in [0.2, 0.25) is 10.0 Å². The largest absolute Gasteiger partial charge is 0.433 e. The summed E-state index contributed by atoms with van der Waals surface area (Å²) in [6, 6.07) is 2.39. The van der Waals surface area contributed by atoms with Crippen LogP contribution in [-0.2, 0) is 11.3 Å². The molecule has 0 bridgehead atoms. The lowest BCUT2D eigenvalue weighted by molar-refractivity contribution is -0.121. The van der Waals surface area contributed by atoms with Gasteiger partial charge in [-0.25, -0.2) is 0 Å². The molecule has 4 nitrogen and oxygen atoms in total. The molecular formula is C12H15Cl3F2N2O2. The van der Waals surface area contributed by atoms with Gasteiger partial charge in [0.2, 0.25) is 5.91 Å². The second kappa shape index (κ2) is 9.25. The van der Waals surface area contributed by atoms with Crippen molar-refractivity contribution in [3.05, 3.63) is 27.7 Å². The molecule has 1 atom stereocenters. The second-order valence-electron chi connectivity index (χ2n) is 4.21. The first-order valence-corrected chi connectivity index (χ1v) is 6.50. The summed E-state index contributed by atoms with van der Waals surface area (Å²) in [6.07, 6.45) is 0.124. The Bertz CT molecular complexity index is 488. The van der Waals surface area contributed by atoms with Crippen LogP contribution >= 0.6 is 35.6 Å². The first kappa shape index (κ1) is 20.2. The van der Waals surface area contributed by atoms with Crippen molar-refractivity contribution in [1.29, 1.82) is 0 Å². The molecule has 1 aromatic rings. The van der Waals surface area contributed by atoms with Crippen molar-refractivity contribution >= 4 is 41.5 Å². The van der Waals surface area contributed by atoms with Crippen molar-refractivity contribution in [2.45, 2.75) is 32.5 Å². The highest BCUT2D eigenvalue weighted by Gasteiger charge is 2.16. The molecule has 0 aliphatic heterocycles. The number of rotatable bonds is 6. The average molecular weight is 364 g/mol. The zero-order valence-electron chi connectivity index (χ0n) is 11.0. The van der Waals surface area contributed by atoms with Crippen molar-refractivity contribution in [2.75, 3.05) is 0 Å². The lowest BCUT2D eigenvalue weighted by Gasteiger charge is -2.14. The zero-order chi connectivity index (χ0) is 15.3. The number of nitrogens with two attached hydrogens (primary N) is 1. The highest BCUT2D eigenvalue weighted by Crippen LogP contribution is 2.33. The first-order valence-electron chi connectivity index (χ1n) is 5.74. The molecule has 0 fully saturated rings. The minimum absolute atomic E-state index is 0. The van der Waals surface area contributed by atoms with E-state index >= 15 is 0 Å². The Morgan fingerprint density at radius 1 is 1.43 bits per heavy atom. The van der Waals surface area contributed by atoms with Gasteiger partial charge in [-0.3, -0.25) is 4.79 Å². The quantitative estimate of drug-likeness (QED) is 0.814. The number of ether oxygens (including phenoxy) is 1. The zero-order valence-corrected chi connectivity index (χ0v) is 13.4. The molecule has 0 aromatic heterocycles. The molecule has 1 rings (SSSR count). The Labute approximate surface area is 137 Å². The van der Waals surface area contributed by atoms with Gasteiger partial charge in [0.25, 0.3) is 0 Å². The topological polar surface area (TPSA) is 64.4 Å². The van der Waals surface area contributed by atoms with Crippen LogP contribution < -0.4 is 15.8 Å². The van der Waals surface area contributed by atoms with Gasteiger partial charge in [-0.15, -0.1) is 12.4 Å². The number of alkyl halides is 2. The lowest BCUT2D eigenvalue weighted by atomic mass is 10.2. The summed E-state index contributed by atoms with van der Waals surface area (Å²) in [5, 5.41) is 2.75. The Balaban J connectivity index is 0.00000400. The smallest absolute Gasteiger partial charge is 0.387 e. The highest BCUT2D eigenvalue weighted by molar-refractivity contribution is 6.35. The monoisotopic (exact) mass is 362 g/mol. The van der Waals surface area contributed by atoms with Gasteiger partial charge in [0.05, 0.1) is 5.02 Å². The Morgan fingerprint density at radius 3 is 2.57 bits per heavy atom. The Morgan fingerprint density at radius 2 is 2.05 bits per heavy atom. The van der Waals surface area contributed by atoms with Gasteiger partial charge in [-0.05, 0) is 19.1 Å². The number of benzene rings is 1. The van der Waals surface area contributed by atoms with E-state index in [0.29, 0.717) is 0 Å². The van der Waals surface area contributed by atoms with Crippen molar-refractivity contribution in [2.24, 2.45) is 5.73 Å². The molecule has 0 saturated heterocycles. The normalized spacial score (nSPS) is 11.8. The molecular weight excluding hydrogens is 348 g/mol. The summed E-state index contributed by atoms with van der Waals surface area (Å²) in [5.74, 6) is -0.508. The molecule has 120 valence electrons. The van der Waals surface area contributed by atoms with Gasteiger partial charge in [0.1, 0.15) is 5.75 Å². The molecule has 0 radical (unpaired) electrons. The van der Waals surface area contributed by atoms with E-state index in [1.807, 2.05) is 0 Å². The maximum atomic E-state index is 12.3. The number of hydrogen-bond donors (Lipinski definition) is 2. The number of amides is 1. The van der Waals surface area contributed by atoms with Crippen LogP contribution in [0.1, 0.15) is 18.9 Å². The first-order chi connectivity index (χ1) is 9.29. The molecule has 0 aliphatic rings. The van der Waals surface area contributed by atoms with Gasteiger partial charge in [0, 0.05) is 29.6 Å².